The first kappa shape index (κ1) is 39.5. The monoisotopic (exact) mass is 747 g/mol. The quantitative estimate of drug-likeness (QED) is 0.129. The first-order valence-corrected chi connectivity index (χ1v) is 13.4. The van der Waals surface area contributed by atoms with E-state index in [-0.39, 0.29) is 48.1 Å². The van der Waals surface area contributed by atoms with E-state index >= 15 is 0 Å². The van der Waals surface area contributed by atoms with Gasteiger partial charge in [0.25, 0.3) is 0 Å². The number of fused-ring (bicyclic) bond motifs is 2. The Morgan fingerprint density at radius 3 is 0.868 bits per heavy atom. The van der Waals surface area contributed by atoms with Crippen molar-refractivity contribution in [3.63, 3.8) is 0 Å². The fraction of sp³-hybridized carbons (Fsp3) is 0.182. The molecule has 0 aliphatic heterocycles. The molecule has 1 radical (unpaired) electrons. The van der Waals surface area contributed by atoms with Gasteiger partial charge in [0.1, 0.15) is 0 Å². The van der Waals surface area contributed by atoms with Crippen LogP contribution in [-0.4, -0.2) is 55.0 Å². The minimum Gasteiger partial charge on any atom is -0.412 e. The summed E-state index contributed by atoms with van der Waals surface area (Å²) in [5.41, 5.74) is 2.02. The summed E-state index contributed by atoms with van der Waals surface area (Å²) in [6.45, 7) is 2.66. The van der Waals surface area contributed by atoms with Gasteiger partial charge in [0, 0.05) is 48.4 Å². The first-order chi connectivity index (χ1) is 17.0. The fourth-order valence-electron chi connectivity index (χ4n) is 2.71. The normalized spacial score (nSPS) is 10.0. The van der Waals surface area contributed by atoms with Crippen molar-refractivity contribution in [2.24, 2.45) is 0 Å². The third-order valence-corrected chi connectivity index (χ3v) is 5.31. The maximum atomic E-state index is 12.1. The summed E-state index contributed by atoms with van der Waals surface area (Å²) in [7, 11) is 0. The van der Waals surface area contributed by atoms with E-state index in [1.54, 1.807) is 48.5 Å². The molecule has 0 atom stereocenters. The standard InChI is InChI=1S/C14H8O2.2C4H8N2S4.Mn.Zn/c15-13-9-5-1-2-6-10(9)14(16)12-8-4-3-7-11(12)13;2*7-3(8)5-1-2-6-4(9)10;;/h1-8H;2*1-2H2,(H2,5,7,8)(H2,6,9,10);;/q;;;2*+2/p-4. The van der Waals surface area contributed by atoms with Gasteiger partial charge in [-0.25, -0.2) is 0 Å². The van der Waals surface area contributed by atoms with Crippen LogP contribution >= 0.6 is 48.9 Å². The van der Waals surface area contributed by atoms with E-state index in [4.69, 9.17) is 0 Å². The topological polar surface area (TPSA) is 82.3 Å². The van der Waals surface area contributed by atoms with Gasteiger partial charge >= 0.3 is 36.5 Å². The largest absolute Gasteiger partial charge is 2.00 e. The van der Waals surface area contributed by atoms with Crippen LogP contribution in [0, 0.1) is 0 Å². The van der Waals surface area contributed by atoms with Gasteiger partial charge in [-0.15, -0.1) is 0 Å². The summed E-state index contributed by atoms with van der Waals surface area (Å²) in [5, 5.41) is 11.1. The van der Waals surface area contributed by atoms with Crippen LogP contribution in [0.15, 0.2) is 48.5 Å². The van der Waals surface area contributed by atoms with Crippen molar-refractivity contribution in [1.29, 1.82) is 0 Å². The average molecular weight is 749 g/mol. The van der Waals surface area contributed by atoms with Gasteiger partial charge in [-0.3, -0.25) is 9.59 Å². The van der Waals surface area contributed by atoms with E-state index in [1.807, 2.05) is 0 Å². The molecule has 2 aromatic carbocycles. The molecule has 0 fully saturated rings. The molecular formula is C22H20MnN4O2S8Zn. The minimum absolute atomic E-state index is 0. The van der Waals surface area contributed by atoms with Crippen LogP contribution in [0.4, 0.5) is 0 Å². The average Bonchev–Trinajstić information content (AvgIpc) is 2.83. The molecule has 16 heteroatoms. The first-order valence-electron chi connectivity index (χ1n) is 10.1. The Hall–Kier alpha value is -0.637. The Labute approximate surface area is 289 Å². The molecule has 0 saturated carbocycles. The third-order valence-electron chi connectivity index (χ3n) is 4.16. The zero-order valence-corrected chi connectivity index (χ0v) is 30.3. The molecule has 1 aliphatic carbocycles. The number of rotatable bonds is 6. The summed E-state index contributed by atoms with van der Waals surface area (Å²) >= 11 is 36.7. The van der Waals surface area contributed by atoms with E-state index < -0.39 is 0 Å². The van der Waals surface area contributed by atoms with Crippen LogP contribution in [0.1, 0.15) is 31.8 Å². The summed E-state index contributed by atoms with van der Waals surface area (Å²) in [5.74, 6) is -0.128. The predicted molar refractivity (Wildman–Crippen MR) is 172 cm³/mol. The molecule has 0 saturated heterocycles. The zero-order chi connectivity index (χ0) is 27.1. The van der Waals surface area contributed by atoms with Gasteiger partial charge in [0.2, 0.25) is 0 Å². The number of nitrogens with one attached hydrogen (secondary N) is 4. The number of benzene rings is 2. The van der Waals surface area contributed by atoms with Gasteiger partial charge in [0.05, 0.1) is 0 Å². The SMILES string of the molecule is O=C1c2ccccc2C(=O)c2ccccc21.S=C([S-])NCCNC(=S)[S-].S=C([S-])NCCNC(=S)[S-].[Mn+2].[Zn+2]. The molecule has 1 aliphatic rings. The summed E-state index contributed by atoms with van der Waals surface area (Å²) in [6.07, 6.45) is 0. The molecule has 0 bridgehead atoms. The maximum absolute atomic E-state index is 12.1. The Balaban J connectivity index is 0. The number of carbonyl (C=O) groups is 2. The Bertz CT molecular complexity index is 971. The van der Waals surface area contributed by atoms with Gasteiger partial charge in [-0.05, 0) is 0 Å². The van der Waals surface area contributed by atoms with Crippen molar-refractivity contribution < 1.29 is 46.1 Å². The summed E-state index contributed by atoms with van der Waals surface area (Å²) in [6, 6.07) is 13.9. The Morgan fingerprint density at radius 1 is 0.526 bits per heavy atom. The molecule has 0 unspecified atom stereocenters. The maximum Gasteiger partial charge on any atom is 2.00 e. The molecule has 2 aromatic rings. The van der Waals surface area contributed by atoms with E-state index in [1.165, 1.54) is 0 Å². The molecule has 38 heavy (non-hydrogen) atoms. The smallest absolute Gasteiger partial charge is 0.412 e. The summed E-state index contributed by atoms with van der Waals surface area (Å²) in [4.78, 5) is 24.2. The van der Waals surface area contributed by atoms with Crippen LogP contribution in [0.5, 0.6) is 0 Å². The second-order valence-electron chi connectivity index (χ2n) is 6.61. The van der Waals surface area contributed by atoms with Gasteiger partial charge in [-0.2, -0.15) is 0 Å². The van der Waals surface area contributed by atoms with Gasteiger partial charge in [-0.1, -0.05) is 65.8 Å². The van der Waals surface area contributed by atoms with Gasteiger partial charge < -0.3 is 121 Å². The van der Waals surface area contributed by atoms with Crippen molar-refractivity contribution in [1.82, 2.24) is 21.3 Å². The number of hydrogen-bond acceptors (Lipinski definition) is 10. The predicted octanol–water partition coefficient (Wildman–Crippen LogP) is 2.12. The number of ketones is 2. The van der Waals surface area contributed by atoms with Crippen molar-refractivity contribution >= 4 is 128 Å². The molecule has 0 aromatic heterocycles. The van der Waals surface area contributed by atoms with Crippen LogP contribution in [-0.2, 0) is 87.1 Å². The fourth-order valence-corrected chi connectivity index (χ4v) is 3.52. The Morgan fingerprint density at radius 2 is 0.711 bits per heavy atom. The van der Waals surface area contributed by atoms with Crippen LogP contribution < -0.4 is 21.3 Å². The van der Waals surface area contributed by atoms with Crippen LogP contribution in [0.2, 0.25) is 0 Å². The minimum atomic E-state index is -0.0641. The van der Waals surface area contributed by atoms with Crippen LogP contribution in [0.3, 0.4) is 0 Å². The Kier molecular flexibility index (Phi) is 23.0. The molecule has 197 valence electrons. The van der Waals surface area contributed by atoms with E-state index in [9.17, 15) is 9.59 Å². The number of hydrogen-bond donors (Lipinski definition) is 4. The second kappa shape index (κ2) is 22.1. The third kappa shape index (κ3) is 15.8. The molecule has 4 N–H and O–H groups in total. The molecular weight excluding hydrogens is 729 g/mol. The number of thiocarbonyl (C=S) groups is 4. The zero-order valence-electron chi connectivity index (χ0n) is 19.6. The van der Waals surface area contributed by atoms with Crippen molar-refractivity contribution in [2.75, 3.05) is 26.2 Å². The van der Waals surface area contributed by atoms with Gasteiger partial charge in [0.15, 0.2) is 11.6 Å². The number of carbonyl (C=O) groups excluding carboxylic acids is 2. The second-order valence-corrected chi connectivity index (χ2v) is 10.9. The van der Waals surface area contributed by atoms with Crippen molar-refractivity contribution in [2.45, 2.75) is 0 Å². The van der Waals surface area contributed by atoms with E-state index in [0.717, 1.165) is 0 Å². The molecule has 0 heterocycles. The van der Waals surface area contributed by atoms with E-state index in [2.05, 4.69) is 121 Å². The van der Waals surface area contributed by atoms with E-state index in [0.29, 0.717) is 65.7 Å². The van der Waals surface area contributed by atoms with Crippen molar-refractivity contribution in [3.05, 3.63) is 70.8 Å². The van der Waals surface area contributed by atoms with Crippen LogP contribution in [0.25, 0.3) is 0 Å². The molecule has 0 spiro atoms. The molecule has 3 rings (SSSR count). The molecule has 0 amide bonds. The molecule has 6 nitrogen and oxygen atoms in total. The van der Waals surface area contributed by atoms with Crippen molar-refractivity contribution in [3.8, 4) is 0 Å². The summed E-state index contributed by atoms with van der Waals surface area (Å²) < 4.78 is 1.49.